The van der Waals surface area contributed by atoms with E-state index in [4.69, 9.17) is 0 Å². The van der Waals surface area contributed by atoms with Crippen LogP contribution in [-0.4, -0.2) is 5.66 Å². The molecule has 0 aromatic heterocycles. The minimum absolute atomic E-state index is 0.130. The van der Waals surface area contributed by atoms with E-state index in [1.54, 1.807) is 0 Å². The van der Waals surface area contributed by atoms with Gasteiger partial charge < -0.3 is 5.32 Å². The van der Waals surface area contributed by atoms with Crippen LogP contribution < -0.4 is 20.9 Å². The first-order valence-electron chi connectivity index (χ1n) is 5.51. The van der Waals surface area contributed by atoms with Crippen LogP contribution in [0.5, 0.6) is 0 Å². The van der Waals surface area contributed by atoms with Crippen molar-refractivity contribution in [1.29, 1.82) is 0 Å². The summed E-state index contributed by atoms with van der Waals surface area (Å²) in [6, 6.07) is 10.5. The largest absolute Gasteiger partial charge is 0.325 e. The zero-order valence-corrected chi connectivity index (χ0v) is 9.59. The van der Waals surface area contributed by atoms with E-state index in [9.17, 15) is 0 Å². The lowest BCUT2D eigenvalue weighted by Gasteiger charge is -2.22. The van der Waals surface area contributed by atoms with E-state index in [1.165, 1.54) is 16.5 Å². The van der Waals surface area contributed by atoms with Gasteiger partial charge in [0, 0.05) is 19.1 Å². The Labute approximate surface area is 94.3 Å². The summed E-state index contributed by atoms with van der Waals surface area (Å²) >= 11 is 0. The molecule has 0 fully saturated rings. The molecular weight excluding hydrogens is 196 g/mol. The highest BCUT2D eigenvalue weighted by atomic mass is 15.1. The maximum atomic E-state index is 4.09. The molecule has 0 saturated heterocycles. The molecule has 0 saturated carbocycles. The molecule has 1 heterocycles. The van der Waals surface area contributed by atoms with E-state index in [2.05, 4.69) is 61.1 Å². The van der Waals surface area contributed by atoms with Crippen LogP contribution in [0, 0.1) is 0 Å². The molecule has 2 heteroatoms. The molecule has 0 unspecified atom stereocenters. The average molecular weight is 211 g/mol. The Kier molecular flexibility index (Phi) is 1.67. The Morgan fingerprint density at radius 1 is 1.19 bits per heavy atom. The first-order valence-corrected chi connectivity index (χ1v) is 5.51. The van der Waals surface area contributed by atoms with Crippen LogP contribution in [0.2, 0.25) is 0 Å². The van der Waals surface area contributed by atoms with Gasteiger partial charge in [-0.25, -0.2) is 4.99 Å². The summed E-state index contributed by atoms with van der Waals surface area (Å²) in [6.45, 7) is 8.34. The number of rotatable bonds is 0. The van der Waals surface area contributed by atoms with Gasteiger partial charge in [-0.2, -0.15) is 0 Å². The lowest BCUT2D eigenvalue weighted by Crippen LogP contribution is -2.93. The van der Waals surface area contributed by atoms with Crippen molar-refractivity contribution in [2.24, 2.45) is 0 Å². The second-order valence-corrected chi connectivity index (χ2v) is 4.88. The second-order valence-electron chi connectivity index (χ2n) is 4.88. The number of hydrogen-bond acceptors (Lipinski definition) is 1. The van der Waals surface area contributed by atoms with Crippen LogP contribution in [0.4, 0.5) is 5.69 Å². The summed E-state index contributed by atoms with van der Waals surface area (Å²) in [5, 5.41) is 8.18. The van der Waals surface area contributed by atoms with Crippen LogP contribution in [0.3, 0.4) is 0 Å². The van der Waals surface area contributed by atoms with Crippen molar-refractivity contribution < 1.29 is 4.99 Å². The maximum absolute atomic E-state index is 4.09. The molecule has 80 valence electrons. The molecule has 3 rings (SSSR count). The normalized spacial score (nSPS) is 16.6. The monoisotopic (exact) mass is 211 g/mol. The van der Waals surface area contributed by atoms with Crippen LogP contribution in [0.1, 0.15) is 13.8 Å². The van der Waals surface area contributed by atoms with E-state index in [-0.39, 0.29) is 5.66 Å². The molecule has 2 aromatic carbocycles. The van der Waals surface area contributed by atoms with E-state index in [0.29, 0.717) is 0 Å². The highest BCUT2D eigenvalue weighted by molar-refractivity contribution is 5.93. The quantitative estimate of drug-likeness (QED) is 0.635. The fraction of sp³-hybridized carbons (Fsp3) is 0.214. The van der Waals surface area contributed by atoms with Crippen LogP contribution in [-0.2, 0) is 0 Å². The van der Waals surface area contributed by atoms with Crippen LogP contribution in [0.15, 0.2) is 30.3 Å². The van der Waals surface area contributed by atoms with Crippen molar-refractivity contribution in [3.05, 3.63) is 40.9 Å². The topological polar surface area (TPSA) is 26.0 Å². The van der Waals surface area contributed by atoms with E-state index in [0.717, 1.165) is 10.6 Å². The SMILES string of the molecule is C=c1ccc2cccc3c2c1=[NH+]C(C)(C)N3. The maximum Gasteiger partial charge on any atom is 0.228 e. The number of benzene rings is 2. The third-order valence-electron chi connectivity index (χ3n) is 3.02. The van der Waals surface area contributed by atoms with Crippen molar-refractivity contribution in [3.8, 4) is 0 Å². The van der Waals surface area contributed by atoms with Gasteiger partial charge in [0.05, 0.1) is 11.1 Å². The van der Waals surface area contributed by atoms with Gasteiger partial charge in [-0.15, -0.1) is 0 Å². The number of nitrogens with one attached hydrogen (secondary N) is 2. The molecule has 2 N–H and O–H groups in total. The van der Waals surface area contributed by atoms with Gasteiger partial charge in [0.15, 0.2) is 0 Å². The molecule has 16 heavy (non-hydrogen) atoms. The Morgan fingerprint density at radius 3 is 2.81 bits per heavy atom. The van der Waals surface area contributed by atoms with Gasteiger partial charge >= 0.3 is 0 Å². The van der Waals surface area contributed by atoms with Crippen molar-refractivity contribution in [3.63, 3.8) is 0 Å². The molecule has 1 aliphatic heterocycles. The Bertz CT molecular complexity index is 684. The zero-order chi connectivity index (χ0) is 11.3. The minimum Gasteiger partial charge on any atom is -0.325 e. The first kappa shape index (κ1) is 9.40. The zero-order valence-electron chi connectivity index (χ0n) is 9.59. The van der Waals surface area contributed by atoms with Crippen LogP contribution >= 0.6 is 0 Å². The van der Waals surface area contributed by atoms with Gasteiger partial charge in [-0.3, -0.25) is 0 Å². The summed E-state index contributed by atoms with van der Waals surface area (Å²) in [4.78, 5) is 3.50. The number of anilines is 1. The van der Waals surface area contributed by atoms with E-state index in [1.807, 2.05) is 0 Å². The fourth-order valence-corrected chi connectivity index (χ4v) is 2.35. The Hall–Kier alpha value is -1.83. The Morgan fingerprint density at radius 2 is 2.00 bits per heavy atom. The highest BCUT2D eigenvalue weighted by Crippen LogP contribution is 2.21. The summed E-state index contributed by atoms with van der Waals surface area (Å²) in [5.41, 5.74) is 1.05. The third-order valence-corrected chi connectivity index (χ3v) is 3.02. The lowest BCUT2D eigenvalue weighted by molar-refractivity contribution is -0.574. The summed E-state index contributed by atoms with van der Waals surface area (Å²) in [7, 11) is 0. The third kappa shape index (κ3) is 1.23. The highest BCUT2D eigenvalue weighted by Gasteiger charge is 2.27. The van der Waals surface area contributed by atoms with Crippen molar-refractivity contribution in [2.45, 2.75) is 19.5 Å². The van der Waals surface area contributed by atoms with Crippen molar-refractivity contribution in [1.82, 2.24) is 0 Å². The molecule has 1 aliphatic rings. The van der Waals surface area contributed by atoms with Crippen molar-refractivity contribution in [2.75, 3.05) is 5.32 Å². The predicted molar refractivity (Wildman–Crippen MR) is 66.5 cm³/mol. The molecule has 0 aliphatic carbocycles. The molecule has 0 radical (unpaired) electrons. The van der Waals surface area contributed by atoms with Crippen LogP contribution in [0.25, 0.3) is 17.4 Å². The molecular formula is C14H15N2+. The minimum atomic E-state index is -0.130. The summed E-state index contributed by atoms with van der Waals surface area (Å²) in [5.74, 6) is 0. The van der Waals surface area contributed by atoms with Gasteiger partial charge in [0.25, 0.3) is 0 Å². The first-order chi connectivity index (χ1) is 7.57. The average Bonchev–Trinajstić information content (AvgIpc) is 2.21. The summed E-state index contributed by atoms with van der Waals surface area (Å²) < 4.78 is 0. The molecule has 2 nitrogen and oxygen atoms in total. The number of hydrogen-bond donors (Lipinski definition) is 2. The standard InChI is InChI=1S/C14H14N2/c1-9-7-8-10-5-4-6-11-12(10)13(9)16-14(2,3)15-11/h4-8,15H,1H2,2-3H3/p+1. The van der Waals surface area contributed by atoms with Gasteiger partial charge in [-0.05, 0) is 17.5 Å². The van der Waals surface area contributed by atoms with E-state index >= 15 is 0 Å². The van der Waals surface area contributed by atoms with Gasteiger partial charge in [-0.1, -0.05) is 24.8 Å². The molecule has 0 spiro atoms. The molecule has 0 atom stereocenters. The molecule has 2 aromatic rings. The fourth-order valence-electron chi connectivity index (χ4n) is 2.35. The van der Waals surface area contributed by atoms with Gasteiger partial charge in [0.1, 0.15) is 0 Å². The second kappa shape index (κ2) is 2.85. The van der Waals surface area contributed by atoms with Gasteiger partial charge in [0.2, 0.25) is 11.0 Å². The predicted octanol–water partition coefficient (Wildman–Crippen LogP) is 0.112. The van der Waals surface area contributed by atoms with E-state index < -0.39 is 0 Å². The Balaban J connectivity index is 2.62. The summed E-state index contributed by atoms with van der Waals surface area (Å²) in [6.07, 6.45) is 0. The lowest BCUT2D eigenvalue weighted by atomic mass is 10.0. The smallest absolute Gasteiger partial charge is 0.228 e. The molecule has 0 amide bonds. The molecule has 0 bridgehead atoms. The van der Waals surface area contributed by atoms with Crippen molar-refractivity contribution >= 4 is 23.0 Å².